The van der Waals surface area contributed by atoms with Crippen LogP contribution < -0.4 is 16.0 Å². The van der Waals surface area contributed by atoms with Gasteiger partial charge in [-0.1, -0.05) is 6.92 Å². The molecule has 96 valence electrons. The van der Waals surface area contributed by atoms with Crippen LogP contribution in [-0.2, 0) is 9.59 Å². The van der Waals surface area contributed by atoms with E-state index in [-0.39, 0.29) is 24.3 Å². The van der Waals surface area contributed by atoms with Gasteiger partial charge in [-0.3, -0.25) is 9.59 Å². The summed E-state index contributed by atoms with van der Waals surface area (Å²) >= 11 is 0. The topological polar surface area (TPSA) is 70.2 Å². The Bertz CT molecular complexity index is 302. The molecule has 2 atom stereocenters. The first kappa shape index (κ1) is 12.4. The van der Waals surface area contributed by atoms with Gasteiger partial charge in [-0.15, -0.1) is 0 Å². The summed E-state index contributed by atoms with van der Waals surface area (Å²) in [7, 11) is 0. The molecule has 1 aliphatic carbocycles. The molecule has 5 nitrogen and oxygen atoms in total. The van der Waals surface area contributed by atoms with Crippen LogP contribution in [0.1, 0.15) is 26.2 Å². The summed E-state index contributed by atoms with van der Waals surface area (Å²) in [5.41, 5.74) is 0. The van der Waals surface area contributed by atoms with Gasteiger partial charge in [0.1, 0.15) is 0 Å². The zero-order chi connectivity index (χ0) is 12.3. The summed E-state index contributed by atoms with van der Waals surface area (Å²) in [5, 5.41) is 8.80. The van der Waals surface area contributed by atoms with Gasteiger partial charge in [-0.05, 0) is 31.7 Å². The maximum Gasteiger partial charge on any atom is 0.239 e. The Morgan fingerprint density at radius 2 is 2.06 bits per heavy atom. The normalized spacial score (nSPS) is 28.5. The number of rotatable bonds is 4. The largest absolute Gasteiger partial charge is 0.352 e. The monoisotopic (exact) mass is 239 g/mol. The van der Waals surface area contributed by atoms with Crippen molar-refractivity contribution in [2.24, 2.45) is 11.8 Å². The molecule has 2 aliphatic rings. The molecule has 0 bridgehead atoms. The number of amides is 2. The van der Waals surface area contributed by atoms with Crippen molar-refractivity contribution in [3.8, 4) is 0 Å². The van der Waals surface area contributed by atoms with Crippen LogP contribution in [0.4, 0.5) is 0 Å². The molecule has 5 heteroatoms. The highest BCUT2D eigenvalue weighted by Crippen LogP contribution is 2.18. The van der Waals surface area contributed by atoms with E-state index in [9.17, 15) is 9.59 Å². The molecule has 2 unspecified atom stereocenters. The van der Waals surface area contributed by atoms with Gasteiger partial charge in [0.2, 0.25) is 11.8 Å². The fraction of sp³-hybridized carbons (Fsp3) is 0.833. The van der Waals surface area contributed by atoms with Gasteiger partial charge < -0.3 is 16.0 Å². The Labute approximate surface area is 102 Å². The Balaban J connectivity index is 1.66. The van der Waals surface area contributed by atoms with E-state index in [1.807, 2.05) is 0 Å². The first-order valence-electron chi connectivity index (χ1n) is 6.43. The lowest BCUT2D eigenvalue weighted by Gasteiger charge is -2.26. The number of carbonyl (C=O) groups is 2. The van der Waals surface area contributed by atoms with Gasteiger partial charge in [0.25, 0.3) is 0 Å². The molecule has 1 aliphatic heterocycles. The van der Waals surface area contributed by atoms with E-state index in [0.717, 1.165) is 32.4 Å². The molecule has 0 spiro atoms. The molecule has 2 fully saturated rings. The summed E-state index contributed by atoms with van der Waals surface area (Å²) in [6, 6.07) is 0.357. The van der Waals surface area contributed by atoms with Crippen molar-refractivity contribution in [3.63, 3.8) is 0 Å². The Kier molecular flexibility index (Phi) is 3.99. The van der Waals surface area contributed by atoms with Gasteiger partial charge in [0.15, 0.2) is 0 Å². The van der Waals surface area contributed by atoms with Crippen molar-refractivity contribution in [3.05, 3.63) is 0 Å². The van der Waals surface area contributed by atoms with E-state index in [0.29, 0.717) is 12.0 Å². The number of piperidine rings is 1. The molecule has 3 N–H and O–H groups in total. The van der Waals surface area contributed by atoms with Crippen LogP contribution in [0.5, 0.6) is 0 Å². The molecule has 2 rings (SSSR count). The molecule has 1 heterocycles. The quantitative estimate of drug-likeness (QED) is 0.627. The van der Waals surface area contributed by atoms with Crippen LogP contribution in [0, 0.1) is 11.8 Å². The van der Waals surface area contributed by atoms with Crippen LogP contribution in [0.25, 0.3) is 0 Å². The smallest absolute Gasteiger partial charge is 0.239 e. The average molecular weight is 239 g/mol. The van der Waals surface area contributed by atoms with E-state index in [2.05, 4.69) is 22.9 Å². The first-order valence-corrected chi connectivity index (χ1v) is 6.43. The van der Waals surface area contributed by atoms with E-state index in [4.69, 9.17) is 0 Å². The lowest BCUT2D eigenvalue weighted by Crippen LogP contribution is -2.46. The van der Waals surface area contributed by atoms with E-state index >= 15 is 0 Å². The van der Waals surface area contributed by atoms with Gasteiger partial charge in [-0.2, -0.15) is 0 Å². The van der Waals surface area contributed by atoms with Crippen molar-refractivity contribution in [1.29, 1.82) is 0 Å². The minimum absolute atomic E-state index is 0.00463. The molecule has 17 heavy (non-hydrogen) atoms. The number of carbonyl (C=O) groups excluding carboxylic acids is 2. The summed E-state index contributed by atoms with van der Waals surface area (Å²) < 4.78 is 0. The highest BCUT2D eigenvalue weighted by Gasteiger charge is 2.26. The molecule has 0 radical (unpaired) electrons. The minimum Gasteiger partial charge on any atom is -0.352 e. The number of hydrogen-bond acceptors (Lipinski definition) is 3. The molecule has 0 aromatic rings. The van der Waals surface area contributed by atoms with Crippen molar-refractivity contribution in [2.75, 3.05) is 19.6 Å². The van der Waals surface area contributed by atoms with Crippen molar-refractivity contribution >= 4 is 11.8 Å². The third-order valence-electron chi connectivity index (χ3n) is 3.31. The zero-order valence-corrected chi connectivity index (χ0v) is 10.3. The van der Waals surface area contributed by atoms with Crippen LogP contribution in [-0.4, -0.2) is 37.5 Å². The summed E-state index contributed by atoms with van der Waals surface area (Å²) in [5.74, 6) is 0.458. The SMILES string of the molecule is CC1CNCC(C(=O)NCC(=O)NC2CC2)C1. The van der Waals surface area contributed by atoms with E-state index in [1.165, 1.54) is 0 Å². The predicted octanol–water partition coefficient (Wildman–Crippen LogP) is -0.373. The molecule has 1 saturated heterocycles. The first-order chi connectivity index (χ1) is 8.15. The Hall–Kier alpha value is -1.10. The molecule has 2 amide bonds. The van der Waals surface area contributed by atoms with Crippen LogP contribution in [0.2, 0.25) is 0 Å². The Morgan fingerprint density at radius 1 is 1.29 bits per heavy atom. The number of hydrogen-bond donors (Lipinski definition) is 3. The van der Waals surface area contributed by atoms with Crippen molar-refractivity contribution in [1.82, 2.24) is 16.0 Å². The van der Waals surface area contributed by atoms with Crippen molar-refractivity contribution < 1.29 is 9.59 Å². The molecule has 0 aromatic carbocycles. The highest BCUT2D eigenvalue weighted by atomic mass is 16.2. The van der Waals surface area contributed by atoms with Gasteiger partial charge >= 0.3 is 0 Å². The third kappa shape index (κ3) is 4.00. The van der Waals surface area contributed by atoms with Crippen molar-refractivity contribution in [2.45, 2.75) is 32.2 Å². The van der Waals surface area contributed by atoms with Crippen LogP contribution >= 0.6 is 0 Å². The summed E-state index contributed by atoms with van der Waals surface area (Å²) in [6.45, 7) is 3.94. The van der Waals surface area contributed by atoms with Gasteiger partial charge in [0, 0.05) is 12.6 Å². The van der Waals surface area contributed by atoms with Crippen LogP contribution in [0.3, 0.4) is 0 Å². The molecule has 0 aromatic heterocycles. The molecular weight excluding hydrogens is 218 g/mol. The molecular formula is C12H21N3O2. The minimum atomic E-state index is -0.0716. The van der Waals surface area contributed by atoms with Crippen LogP contribution in [0.15, 0.2) is 0 Å². The summed E-state index contributed by atoms with van der Waals surface area (Å²) in [6.07, 6.45) is 3.05. The maximum absolute atomic E-state index is 11.8. The highest BCUT2D eigenvalue weighted by molar-refractivity contribution is 5.86. The Morgan fingerprint density at radius 3 is 2.71 bits per heavy atom. The second kappa shape index (κ2) is 5.49. The third-order valence-corrected chi connectivity index (χ3v) is 3.31. The van der Waals surface area contributed by atoms with E-state index < -0.39 is 0 Å². The average Bonchev–Trinajstić information content (AvgIpc) is 3.10. The lowest BCUT2D eigenvalue weighted by atomic mass is 9.91. The zero-order valence-electron chi connectivity index (χ0n) is 10.3. The van der Waals surface area contributed by atoms with Gasteiger partial charge in [0.05, 0.1) is 12.5 Å². The second-order valence-corrected chi connectivity index (χ2v) is 5.26. The predicted molar refractivity (Wildman–Crippen MR) is 64.3 cm³/mol. The lowest BCUT2D eigenvalue weighted by molar-refractivity contribution is -0.129. The number of nitrogens with one attached hydrogen (secondary N) is 3. The standard InChI is InChI=1S/C12H21N3O2/c1-8-4-9(6-13-5-8)12(17)14-7-11(16)15-10-2-3-10/h8-10,13H,2-7H2,1H3,(H,14,17)(H,15,16). The maximum atomic E-state index is 11.8. The van der Waals surface area contributed by atoms with Gasteiger partial charge in [-0.25, -0.2) is 0 Å². The fourth-order valence-electron chi connectivity index (χ4n) is 2.17. The molecule has 1 saturated carbocycles. The fourth-order valence-corrected chi connectivity index (χ4v) is 2.17. The summed E-state index contributed by atoms with van der Waals surface area (Å²) in [4.78, 5) is 23.2. The van der Waals surface area contributed by atoms with E-state index in [1.54, 1.807) is 0 Å². The second-order valence-electron chi connectivity index (χ2n) is 5.26.